The fourth-order valence-electron chi connectivity index (χ4n) is 0.226. The Labute approximate surface area is 75.2 Å². The van der Waals surface area contributed by atoms with Crippen LogP contribution in [-0.2, 0) is 14.3 Å². The quantitative estimate of drug-likeness (QED) is 0.678. The molecule has 0 aliphatic carbocycles. The van der Waals surface area contributed by atoms with Gasteiger partial charge in [0.1, 0.15) is 13.2 Å². The van der Waals surface area contributed by atoms with Crippen LogP contribution in [0.3, 0.4) is 0 Å². The number of carbonyl (C=O) groups is 2. The van der Waals surface area contributed by atoms with E-state index in [0.29, 0.717) is 0 Å². The van der Waals surface area contributed by atoms with E-state index in [-0.39, 0.29) is 24.8 Å². The number of hydrogen-bond acceptors (Lipinski definition) is 3. The van der Waals surface area contributed by atoms with E-state index in [2.05, 4.69) is 4.74 Å². The Kier molecular flexibility index (Phi) is 14.5. The second-order valence-corrected chi connectivity index (χ2v) is 1.28. The molecule has 0 aliphatic heterocycles. The molecule has 0 aromatic rings. The van der Waals surface area contributed by atoms with E-state index in [1.165, 1.54) is 0 Å². The molecule has 0 saturated heterocycles. The highest BCUT2D eigenvalue weighted by Gasteiger charge is 1.98. The normalized spacial score (nSPS) is 7.27. The molecule has 0 aromatic carbocycles. The van der Waals surface area contributed by atoms with E-state index in [9.17, 15) is 9.59 Å². The number of halogens is 2. The number of ether oxygens (including phenoxy) is 1. The molecular weight excluding hydrogens is 199 g/mol. The van der Waals surface area contributed by atoms with Gasteiger partial charge in [-0.25, -0.2) is 9.59 Å². The highest BCUT2D eigenvalue weighted by atomic mass is 35.5. The summed E-state index contributed by atoms with van der Waals surface area (Å²) in [4.78, 5) is 19.3. The third-order valence-electron chi connectivity index (χ3n) is 0.451. The van der Waals surface area contributed by atoms with Gasteiger partial charge in [-0.15, -0.1) is 24.8 Å². The molecule has 5 nitrogen and oxygen atoms in total. The van der Waals surface area contributed by atoms with Crippen LogP contribution in [0.25, 0.3) is 0 Å². The lowest BCUT2D eigenvalue weighted by Gasteiger charge is -1.92. The van der Waals surface area contributed by atoms with Crippen molar-refractivity contribution >= 4 is 36.8 Å². The van der Waals surface area contributed by atoms with Crippen LogP contribution in [0.2, 0.25) is 0 Å². The first-order chi connectivity index (χ1) is 4.13. The molecule has 0 spiro atoms. The molecule has 7 heteroatoms. The van der Waals surface area contributed by atoms with E-state index in [0.717, 1.165) is 0 Å². The third kappa shape index (κ3) is 17.7. The zero-order valence-corrected chi connectivity index (χ0v) is 6.98. The van der Waals surface area contributed by atoms with Crippen molar-refractivity contribution in [1.29, 1.82) is 0 Å². The van der Waals surface area contributed by atoms with Crippen molar-refractivity contribution in [2.24, 2.45) is 0 Å². The van der Waals surface area contributed by atoms with Crippen LogP contribution < -0.4 is 0 Å². The van der Waals surface area contributed by atoms with E-state index in [4.69, 9.17) is 10.2 Å². The summed E-state index contributed by atoms with van der Waals surface area (Å²) in [7, 11) is 0. The Balaban J connectivity index is -0.000000320. The molecule has 0 unspecified atom stereocenters. The van der Waals surface area contributed by atoms with Crippen LogP contribution in [0.5, 0.6) is 0 Å². The average molecular weight is 207 g/mol. The number of hydrogen-bond donors (Lipinski definition) is 2. The Morgan fingerprint density at radius 1 is 1.00 bits per heavy atom. The van der Waals surface area contributed by atoms with Crippen LogP contribution in [0.15, 0.2) is 0 Å². The fourth-order valence-corrected chi connectivity index (χ4v) is 0.226. The van der Waals surface area contributed by atoms with Crippen LogP contribution in [-0.4, -0.2) is 35.4 Å². The van der Waals surface area contributed by atoms with Crippen molar-refractivity contribution in [3.8, 4) is 0 Å². The molecule has 0 atom stereocenters. The summed E-state index contributed by atoms with van der Waals surface area (Å²) >= 11 is 0. The minimum atomic E-state index is -1.17. The predicted octanol–water partition coefficient (Wildman–Crippen LogP) is 0.0158. The van der Waals surface area contributed by atoms with Gasteiger partial charge in [-0.05, 0) is 0 Å². The van der Waals surface area contributed by atoms with Crippen molar-refractivity contribution in [1.82, 2.24) is 0 Å². The van der Waals surface area contributed by atoms with Gasteiger partial charge in [0.15, 0.2) is 0 Å². The first-order valence-corrected chi connectivity index (χ1v) is 2.14. The second kappa shape index (κ2) is 9.48. The van der Waals surface area contributed by atoms with E-state index in [1.54, 1.807) is 0 Å². The van der Waals surface area contributed by atoms with Crippen molar-refractivity contribution in [2.75, 3.05) is 13.2 Å². The average Bonchev–Trinajstić information content (AvgIpc) is 1.63. The molecule has 0 heterocycles. The van der Waals surface area contributed by atoms with Gasteiger partial charge in [0.05, 0.1) is 0 Å². The SMILES string of the molecule is Cl.Cl.O=C(O)COCC(=O)O. The Hall–Kier alpha value is -0.520. The number of rotatable bonds is 4. The maximum absolute atomic E-state index is 9.66. The van der Waals surface area contributed by atoms with Crippen molar-refractivity contribution < 1.29 is 24.5 Å². The van der Waals surface area contributed by atoms with Gasteiger partial charge in [-0.3, -0.25) is 0 Å². The highest BCUT2D eigenvalue weighted by molar-refractivity contribution is 5.85. The standard InChI is InChI=1S/C4H6O5.2ClH/c5-3(6)1-9-2-4(7)8;;/h1-2H2,(H,5,6)(H,7,8);2*1H. The van der Waals surface area contributed by atoms with Crippen molar-refractivity contribution in [2.45, 2.75) is 0 Å². The molecule has 11 heavy (non-hydrogen) atoms. The third-order valence-corrected chi connectivity index (χ3v) is 0.451. The zero-order valence-electron chi connectivity index (χ0n) is 5.35. The summed E-state index contributed by atoms with van der Waals surface area (Å²) in [5.74, 6) is -2.34. The van der Waals surface area contributed by atoms with Crippen LogP contribution in [0, 0.1) is 0 Å². The summed E-state index contributed by atoms with van der Waals surface area (Å²) in [6.07, 6.45) is 0. The molecule has 0 rings (SSSR count). The van der Waals surface area contributed by atoms with E-state index >= 15 is 0 Å². The summed E-state index contributed by atoms with van der Waals surface area (Å²) in [6, 6.07) is 0. The molecule has 0 bridgehead atoms. The molecule has 0 radical (unpaired) electrons. The molecule has 0 saturated carbocycles. The van der Waals surface area contributed by atoms with E-state index in [1.807, 2.05) is 0 Å². The Morgan fingerprint density at radius 2 is 1.27 bits per heavy atom. The lowest BCUT2D eigenvalue weighted by molar-refractivity contribution is -0.148. The topological polar surface area (TPSA) is 83.8 Å². The first kappa shape index (κ1) is 16.8. The maximum atomic E-state index is 9.66. The Bertz CT molecular complexity index is 112. The minimum absolute atomic E-state index is 0. The van der Waals surface area contributed by atoms with Crippen LogP contribution in [0.4, 0.5) is 0 Å². The molecule has 2 N–H and O–H groups in total. The van der Waals surface area contributed by atoms with Crippen molar-refractivity contribution in [3.05, 3.63) is 0 Å². The molecule has 0 aliphatic rings. The van der Waals surface area contributed by atoms with Gasteiger partial charge >= 0.3 is 11.9 Å². The molecule has 68 valence electrons. The lowest BCUT2D eigenvalue weighted by atomic mass is 10.7. The smallest absolute Gasteiger partial charge is 0.329 e. The fraction of sp³-hybridized carbons (Fsp3) is 0.500. The molecule has 0 fully saturated rings. The highest BCUT2D eigenvalue weighted by Crippen LogP contribution is 1.73. The monoisotopic (exact) mass is 206 g/mol. The largest absolute Gasteiger partial charge is 0.480 e. The van der Waals surface area contributed by atoms with Gasteiger partial charge < -0.3 is 14.9 Å². The van der Waals surface area contributed by atoms with Crippen LogP contribution >= 0.6 is 24.8 Å². The number of aliphatic carboxylic acids is 2. The first-order valence-electron chi connectivity index (χ1n) is 2.14. The maximum Gasteiger partial charge on any atom is 0.329 e. The zero-order chi connectivity index (χ0) is 7.28. The predicted molar refractivity (Wildman–Crippen MR) is 40.6 cm³/mol. The van der Waals surface area contributed by atoms with Gasteiger partial charge in [-0.2, -0.15) is 0 Å². The number of carboxylic acids is 2. The molecule has 0 aromatic heterocycles. The minimum Gasteiger partial charge on any atom is -0.480 e. The Morgan fingerprint density at radius 3 is 1.45 bits per heavy atom. The summed E-state index contributed by atoms with van der Waals surface area (Å²) in [6.45, 7) is -1.13. The summed E-state index contributed by atoms with van der Waals surface area (Å²) < 4.78 is 4.16. The number of carboxylic acid groups (broad SMARTS) is 2. The van der Waals surface area contributed by atoms with Crippen LogP contribution in [0.1, 0.15) is 0 Å². The van der Waals surface area contributed by atoms with Gasteiger partial charge in [0.2, 0.25) is 0 Å². The second-order valence-electron chi connectivity index (χ2n) is 1.28. The lowest BCUT2D eigenvalue weighted by Crippen LogP contribution is -2.13. The van der Waals surface area contributed by atoms with Gasteiger partial charge in [0, 0.05) is 0 Å². The van der Waals surface area contributed by atoms with Gasteiger partial charge in [0.25, 0.3) is 0 Å². The van der Waals surface area contributed by atoms with E-state index < -0.39 is 25.2 Å². The summed E-state index contributed by atoms with van der Waals surface area (Å²) in [5, 5.41) is 15.8. The molecular formula is C4H8Cl2O5. The molecule has 0 amide bonds. The van der Waals surface area contributed by atoms with Gasteiger partial charge in [-0.1, -0.05) is 0 Å². The summed E-state index contributed by atoms with van der Waals surface area (Å²) in [5.41, 5.74) is 0. The van der Waals surface area contributed by atoms with Crippen molar-refractivity contribution in [3.63, 3.8) is 0 Å².